The molecule has 3 amide bonds. The van der Waals surface area contributed by atoms with Crippen molar-refractivity contribution in [2.75, 3.05) is 33.1 Å². The van der Waals surface area contributed by atoms with E-state index in [0.29, 0.717) is 19.8 Å². The fraction of sp³-hybridized carbons (Fsp3) is 0.778. The molecule has 0 aliphatic carbocycles. The van der Waals surface area contributed by atoms with E-state index in [4.69, 9.17) is 9.47 Å². The first-order chi connectivity index (χ1) is 7.65. The van der Waals surface area contributed by atoms with E-state index in [2.05, 4.69) is 0 Å². The maximum Gasteiger partial charge on any atom is 0.326 e. The van der Waals surface area contributed by atoms with Crippen LogP contribution in [0.5, 0.6) is 0 Å². The summed E-state index contributed by atoms with van der Waals surface area (Å²) in [6.45, 7) is 2.88. The summed E-state index contributed by atoms with van der Waals surface area (Å²) in [5.41, 5.74) is 0. The van der Waals surface area contributed by atoms with Crippen LogP contribution in [0.4, 0.5) is 9.18 Å². The van der Waals surface area contributed by atoms with Gasteiger partial charge in [0, 0.05) is 6.61 Å². The average Bonchev–Trinajstić information content (AvgIpc) is 2.25. The Hall–Kier alpha value is -1.21. The molecule has 1 unspecified atom stereocenters. The van der Waals surface area contributed by atoms with Crippen molar-refractivity contribution in [2.24, 2.45) is 0 Å². The van der Waals surface area contributed by atoms with Gasteiger partial charge in [-0.15, -0.1) is 0 Å². The number of amides is 3. The summed E-state index contributed by atoms with van der Waals surface area (Å²) in [7, 11) is 0. The Morgan fingerprint density at radius 3 is 2.81 bits per heavy atom. The largest absolute Gasteiger partial charge is 0.379 e. The number of nitrogens with one attached hydrogen (secondary N) is 1. The van der Waals surface area contributed by atoms with E-state index in [-0.39, 0.29) is 13.3 Å². The zero-order valence-corrected chi connectivity index (χ0v) is 9.07. The Balaban J connectivity index is 2.21. The molecule has 0 saturated carbocycles. The van der Waals surface area contributed by atoms with Crippen molar-refractivity contribution in [3.8, 4) is 0 Å². The van der Waals surface area contributed by atoms with Gasteiger partial charge in [0.15, 0.2) is 6.17 Å². The average molecular weight is 234 g/mol. The predicted molar refractivity (Wildman–Crippen MR) is 52.5 cm³/mol. The van der Waals surface area contributed by atoms with Gasteiger partial charge in [0.25, 0.3) is 5.91 Å². The molecule has 92 valence electrons. The van der Waals surface area contributed by atoms with Crippen molar-refractivity contribution in [3.63, 3.8) is 0 Å². The quantitative estimate of drug-likeness (QED) is 0.651. The molecule has 1 atom stereocenters. The van der Waals surface area contributed by atoms with Crippen LogP contribution >= 0.6 is 0 Å². The highest BCUT2D eigenvalue weighted by Gasteiger charge is 2.31. The molecule has 0 aromatic carbocycles. The number of alkyl halides is 1. The van der Waals surface area contributed by atoms with Crippen LogP contribution in [0.25, 0.3) is 0 Å². The number of hydrogen-bond donors (Lipinski definition) is 1. The molecule has 1 aliphatic rings. The van der Waals surface area contributed by atoms with Crippen molar-refractivity contribution in [1.29, 1.82) is 0 Å². The number of halogens is 1. The fourth-order valence-corrected chi connectivity index (χ4v) is 1.17. The number of rotatable bonds is 6. The lowest BCUT2D eigenvalue weighted by atomic mass is 10.3. The standard InChI is InChI=1S/C9H15FN2O4/c1-2-15-3-4-16-6-12-5-7(10)8(13)11-9(12)14/h7H,2-6H2,1H3,(H,11,13,14). The van der Waals surface area contributed by atoms with Crippen LogP contribution in [0.3, 0.4) is 0 Å². The summed E-state index contributed by atoms with van der Waals surface area (Å²) < 4.78 is 23.1. The Bertz CT molecular complexity index is 262. The highest BCUT2D eigenvalue weighted by Crippen LogP contribution is 2.04. The predicted octanol–water partition coefficient (Wildman–Crippen LogP) is -0.113. The van der Waals surface area contributed by atoms with Gasteiger partial charge < -0.3 is 9.47 Å². The highest BCUT2D eigenvalue weighted by atomic mass is 19.1. The van der Waals surface area contributed by atoms with Gasteiger partial charge in [0.2, 0.25) is 0 Å². The molecule has 0 spiro atoms. The third-order valence-corrected chi connectivity index (χ3v) is 2.01. The number of urea groups is 1. The number of hydrogen-bond acceptors (Lipinski definition) is 4. The minimum atomic E-state index is -1.69. The number of imide groups is 1. The van der Waals surface area contributed by atoms with E-state index in [9.17, 15) is 14.0 Å². The van der Waals surface area contributed by atoms with Gasteiger partial charge in [-0.25, -0.2) is 9.18 Å². The minimum Gasteiger partial charge on any atom is -0.379 e. The van der Waals surface area contributed by atoms with Crippen molar-refractivity contribution >= 4 is 11.9 Å². The first-order valence-corrected chi connectivity index (χ1v) is 5.04. The van der Waals surface area contributed by atoms with E-state index in [0.717, 1.165) is 4.90 Å². The maximum atomic E-state index is 12.9. The summed E-state index contributed by atoms with van der Waals surface area (Å²) in [5.74, 6) is -0.893. The zero-order chi connectivity index (χ0) is 12.0. The Morgan fingerprint density at radius 2 is 2.12 bits per heavy atom. The first-order valence-electron chi connectivity index (χ1n) is 5.04. The highest BCUT2D eigenvalue weighted by molar-refractivity contribution is 5.99. The van der Waals surface area contributed by atoms with Crippen LogP contribution in [0, 0.1) is 0 Å². The van der Waals surface area contributed by atoms with Crippen molar-refractivity contribution in [1.82, 2.24) is 10.2 Å². The van der Waals surface area contributed by atoms with Gasteiger partial charge >= 0.3 is 6.03 Å². The SMILES string of the molecule is CCOCCOCN1CC(F)C(=O)NC1=O. The van der Waals surface area contributed by atoms with Crippen LogP contribution in [-0.2, 0) is 14.3 Å². The van der Waals surface area contributed by atoms with E-state index >= 15 is 0 Å². The molecule has 1 N–H and O–H groups in total. The Labute approximate surface area is 92.7 Å². The lowest BCUT2D eigenvalue weighted by Crippen LogP contribution is -2.56. The van der Waals surface area contributed by atoms with Gasteiger partial charge in [-0.2, -0.15) is 0 Å². The van der Waals surface area contributed by atoms with Crippen LogP contribution in [-0.4, -0.2) is 56.1 Å². The topological polar surface area (TPSA) is 67.9 Å². The second-order valence-electron chi connectivity index (χ2n) is 3.22. The van der Waals surface area contributed by atoms with Gasteiger partial charge in [-0.05, 0) is 6.92 Å². The summed E-state index contributed by atoms with van der Waals surface area (Å²) in [4.78, 5) is 23.1. The second kappa shape index (κ2) is 6.39. The summed E-state index contributed by atoms with van der Waals surface area (Å²) in [5, 5.41) is 1.89. The Kier molecular flexibility index (Phi) is 5.13. The molecule has 0 bridgehead atoms. The molecule has 1 rings (SSSR count). The van der Waals surface area contributed by atoms with E-state index < -0.39 is 18.1 Å². The molecule has 1 saturated heterocycles. The molecule has 0 radical (unpaired) electrons. The maximum absolute atomic E-state index is 12.9. The zero-order valence-electron chi connectivity index (χ0n) is 9.07. The number of carbonyl (C=O) groups is 2. The van der Waals surface area contributed by atoms with Gasteiger partial charge in [0.05, 0.1) is 19.8 Å². The monoisotopic (exact) mass is 234 g/mol. The van der Waals surface area contributed by atoms with Crippen LogP contribution in [0.15, 0.2) is 0 Å². The molecule has 1 fully saturated rings. The molecule has 0 aromatic heterocycles. The summed E-state index contributed by atoms with van der Waals surface area (Å²) in [6, 6.07) is -0.629. The third kappa shape index (κ3) is 3.74. The molecular weight excluding hydrogens is 219 g/mol. The minimum absolute atomic E-state index is 0.0490. The van der Waals surface area contributed by atoms with Crippen molar-refractivity contribution in [3.05, 3.63) is 0 Å². The van der Waals surface area contributed by atoms with Crippen molar-refractivity contribution in [2.45, 2.75) is 13.1 Å². The van der Waals surface area contributed by atoms with Crippen LogP contribution in [0.2, 0.25) is 0 Å². The molecule has 1 aliphatic heterocycles. The van der Waals surface area contributed by atoms with Crippen molar-refractivity contribution < 1.29 is 23.5 Å². The van der Waals surface area contributed by atoms with Gasteiger partial charge in [-0.3, -0.25) is 15.0 Å². The Morgan fingerprint density at radius 1 is 1.44 bits per heavy atom. The lowest BCUT2D eigenvalue weighted by Gasteiger charge is -2.28. The molecule has 7 heteroatoms. The van der Waals surface area contributed by atoms with Crippen LogP contribution in [0.1, 0.15) is 6.92 Å². The molecule has 6 nitrogen and oxygen atoms in total. The van der Waals surface area contributed by atoms with Gasteiger partial charge in [0.1, 0.15) is 6.73 Å². The number of ether oxygens (including phenoxy) is 2. The molecule has 1 heterocycles. The lowest BCUT2D eigenvalue weighted by molar-refractivity contribution is -0.128. The second-order valence-corrected chi connectivity index (χ2v) is 3.22. The molecule has 16 heavy (non-hydrogen) atoms. The normalized spacial score (nSPS) is 21.1. The molecule has 0 aromatic rings. The third-order valence-electron chi connectivity index (χ3n) is 2.01. The van der Waals surface area contributed by atoms with Gasteiger partial charge in [-0.1, -0.05) is 0 Å². The summed E-state index contributed by atoms with van der Waals surface area (Å²) >= 11 is 0. The smallest absolute Gasteiger partial charge is 0.326 e. The summed E-state index contributed by atoms with van der Waals surface area (Å²) in [6.07, 6.45) is -1.69. The fourth-order valence-electron chi connectivity index (χ4n) is 1.17. The van der Waals surface area contributed by atoms with E-state index in [1.165, 1.54) is 0 Å². The first kappa shape index (κ1) is 12.9. The van der Waals surface area contributed by atoms with Crippen LogP contribution < -0.4 is 5.32 Å². The molecular formula is C9H15FN2O4. The van der Waals surface area contributed by atoms with E-state index in [1.54, 1.807) is 0 Å². The number of nitrogens with zero attached hydrogens (tertiary/aromatic N) is 1. The number of carbonyl (C=O) groups excluding carboxylic acids is 2. The van der Waals surface area contributed by atoms with E-state index in [1.807, 2.05) is 12.2 Å².